The zero-order valence-electron chi connectivity index (χ0n) is 15.7. The van der Waals surface area contributed by atoms with E-state index in [0.717, 1.165) is 6.54 Å². The van der Waals surface area contributed by atoms with Crippen LogP contribution in [0, 0.1) is 6.92 Å². The van der Waals surface area contributed by atoms with Crippen LogP contribution in [0.2, 0.25) is 0 Å². The summed E-state index contributed by atoms with van der Waals surface area (Å²) in [5.41, 5.74) is 4.98. The number of piperidine rings is 1. The van der Waals surface area contributed by atoms with Crippen LogP contribution in [-0.4, -0.2) is 10.7 Å². The molecule has 0 N–H and O–H groups in total. The zero-order valence-corrected chi connectivity index (χ0v) is 15.7. The van der Waals surface area contributed by atoms with Gasteiger partial charge in [0.1, 0.15) is 5.78 Å². The largest absolute Gasteiger partial charge is 0.300 e. The fourth-order valence-electron chi connectivity index (χ4n) is 4.06. The van der Waals surface area contributed by atoms with E-state index in [1.54, 1.807) is 0 Å². The summed E-state index contributed by atoms with van der Waals surface area (Å²) in [7, 11) is 0. The molecule has 1 aliphatic rings. The van der Waals surface area contributed by atoms with Crippen molar-refractivity contribution >= 4 is 5.78 Å². The van der Waals surface area contributed by atoms with Gasteiger partial charge in [0.15, 0.2) is 0 Å². The predicted octanol–water partition coefficient (Wildman–Crippen LogP) is 5.64. The van der Waals surface area contributed by atoms with E-state index in [0.29, 0.717) is 18.6 Å². The molecule has 0 bridgehead atoms. The molecule has 0 spiro atoms. The molecular weight excluding hydrogens is 330 g/mol. The molecule has 2 atom stereocenters. The summed E-state index contributed by atoms with van der Waals surface area (Å²) in [5, 5.41) is 0. The molecule has 0 radical (unpaired) electrons. The third-order valence-electron chi connectivity index (χ3n) is 5.50. The van der Waals surface area contributed by atoms with E-state index in [9.17, 15) is 4.79 Å². The topological polar surface area (TPSA) is 20.3 Å². The first-order chi connectivity index (χ1) is 13.2. The Morgan fingerprint density at radius 1 is 0.741 bits per heavy atom. The number of carbonyl (C=O) groups is 1. The molecule has 0 amide bonds. The van der Waals surface area contributed by atoms with Crippen LogP contribution >= 0.6 is 0 Å². The molecule has 3 aromatic carbocycles. The summed E-state index contributed by atoms with van der Waals surface area (Å²) in [6.07, 6.45) is 1.17. The molecule has 27 heavy (non-hydrogen) atoms. The second-order valence-corrected chi connectivity index (χ2v) is 7.46. The molecular formula is C25H25NO. The van der Waals surface area contributed by atoms with Crippen molar-refractivity contribution in [2.75, 3.05) is 0 Å². The first-order valence-corrected chi connectivity index (χ1v) is 9.63. The van der Waals surface area contributed by atoms with Crippen LogP contribution in [0.15, 0.2) is 84.9 Å². The van der Waals surface area contributed by atoms with Crippen molar-refractivity contribution in [2.24, 2.45) is 0 Å². The zero-order chi connectivity index (χ0) is 18.6. The van der Waals surface area contributed by atoms with Gasteiger partial charge in [-0.1, -0.05) is 90.5 Å². The monoisotopic (exact) mass is 355 g/mol. The maximum Gasteiger partial charge on any atom is 0.136 e. The molecule has 2 nitrogen and oxygen atoms in total. The minimum Gasteiger partial charge on any atom is -0.300 e. The maximum absolute atomic E-state index is 12.7. The van der Waals surface area contributed by atoms with E-state index in [-0.39, 0.29) is 12.1 Å². The van der Waals surface area contributed by atoms with Crippen molar-refractivity contribution in [2.45, 2.75) is 38.4 Å². The van der Waals surface area contributed by atoms with Gasteiger partial charge in [-0.25, -0.2) is 0 Å². The summed E-state index contributed by atoms with van der Waals surface area (Å²) in [5.74, 6) is 0.346. The van der Waals surface area contributed by atoms with Crippen molar-refractivity contribution in [3.8, 4) is 0 Å². The van der Waals surface area contributed by atoms with Gasteiger partial charge in [-0.05, 0) is 23.6 Å². The molecule has 0 saturated carbocycles. The molecule has 4 rings (SSSR count). The first-order valence-electron chi connectivity index (χ1n) is 9.63. The molecule has 1 aliphatic heterocycles. The number of rotatable bonds is 4. The molecule has 1 heterocycles. The van der Waals surface area contributed by atoms with Crippen molar-refractivity contribution in [3.63, 3.8) is 0 Å². The molecule has 2 heteroatoms. The number of Topliss-reactive ketones (excluding diaryl/α,β-unsaturated/α-hetero) is 1. The molecule has 0 aromatic heterocycles. The minimum atomic E-state index is 0.109. The Balaban J connectivity index is 1.74. The summed E-state index contributed by atoms with van der Waals surface area (Å²) >= 11 is 0. The number of benzene rings is 3. The fraction of sp³-hybridized carbons (Fsp3) is 0.240. The lowest BCUT2D eigenvalue weighted by molar-refractivity contribution is -0.126. The van der Waals surface area contributed by atoms with E-state index < -0.39 is 0 Å². The van der Waals surface area contributed by atoms with Crippen molar-refractivity contribution in [3.05, 3.63) is 107 Å². The Labute approximate surface area is 161 Å². The quantitative estimate of drug-likeness (QED) is 0.603. The SMILES string of the molecule is Cc1ccc([C@@H]2CC(=O)C[C@@H](c3ccccc3)N2Cc2ccccc2)cc1. The summed E-state index contributed by atoms with van der Waals surface area (Å²) in [6.45, 7) is 2.94. The molecule has 0 aliphatic carbocycles. The van der Waals surface area contributed by atoms with Gasteiger partial charge in [0.25, 0.3) is 0 Å². The highest BCUT2D eigenvalue weighted by molar-refractivity contribution is 5.81. The second-order valence-electron chi connectivity index (χ2n) is 7.46. The highest BCUT2D eigenvalue weighted by Gasteiger charge is 2.36. The van der Waals surface area contributed by atoms with Crippen LogP contribution in [0.3, 0.4) is 0 Å². The van der Waals surface area contributed by atoms with E-state index >= 15 is 0 Å². The average molecular weight is 355 g/mol. The Morgan fingerprint density at radius 3 is 1.85 bits per heavy atom. The lowest BCUT2D eigenvalue weighted by atomic mass is 9.86. The second kappa shape index (κ2) is 7.89. The van der Waals surface area contributed by atoms with Gasteiger partial charge >= 0.3 is 0 Å². The van der Waals surface area contributed by atoms with Crippen LogP contribution in [-0.2, 0) is 11.3 Å². The van der Waals surface area contributed by atoms with E-state index in [1.807, 2.05) is 6.07 Å². The normalized spacial score (nSPS) is 20.6. The number of nitrogens with zero attached hydrogens (tertiary/aromatic N) is 1. The fourth-order valence-corrected chi connectivity index (χ4v) is 4.06. The lowest BCUT2D eigenvalue weighted by Crippen LogP contribution is -2.39. The van der Waals surface area contributed by atoms with Crippen LogP contribution in [0.4, 0.5) is 0 Å². The summed E-state index contributed by atoms with van der Waals surface area (Å²) in [6, 6.07) is 29.9. The van der Waals surface area contributed by atoms with Crippen molar-refractivity contribution < 1.29 is 4.79 Å². The van der Waals surface area contributed by atoms with Crippen molar-refractivity contribution in [1.29, 1.82) is 0 Å². The molecule has 3 aromatic rings. The summed E-state index contributed by atoms with van der Waals surface area (Å²) < 4.78 is 0. The number of aryl methyl sites for hydroxylation is 1. The van der Waals surface area contributed by atoms with Gasteiger partial charge in [-0.2, -0.15) is 0 Å². The molecule has 136 valence electrons. The maximum atomic E-state index is 12.7. The third kappa shape index (κ3) is 4.01. The van der Waals surface area contributed by atoms with Gasteiger partial charge in [0.2, 0.25) is 0 Å². The van der Waals surface area contributed by atoms with Crippen LogP contribution < -0.4 is 0 Å². The summed E-state index contributed by atoms with van der Waals surface area (Å²) in [4.78, 5) is 15.2. The van der Waals surface area contributed by atoms with Crippen LogP contribution in [0.5, 0.6) is 0 Å². The number of ketones is 1. The van der Waals surface area contributed by atoms with E-state index in [1.165, 1.54) is 22.3 Å². The first kappa shape index (κ1) is 17.7. The Kier molecular flexibility index (Phi) is 5.17. The minimum absolute atomic E-state index is 0.109. The highest BCUT2D eigenvalue weighted by Crippen LogP contribution is 2.41. The number of carbonyl (C=O) groups excluding carboxylic acids is 1. The number of likely N-dealkylation sites (tertiary alicyclic amines) is 1. The van der Waals surface area contributed by atoms with E-state index in [2.05, 4.69) is 90.7 Å². The molecule has 1 fully saturated rings. The Morgan fingerprint density at radius 2 is 1.26 bits per heavy atom. The van der Waals surface area contributed by atoms with Gasteiger partial charge in [0.05, 0.1) is 0 Å². The van der Waals surface area contributed by atoms with Gasteiger partial charge in [-0.15, -0.1) is 0 Å². The smallest absolute Gasteiger partial charge is 0.136 e. The molecule has 0 unspecified atom stereocenters. The standard InChI is InChI=1S/C25H25NO/c1-19-12-14-22(15-13-19)25-17-23(27)16-24(21-10-6-3-7-11-21)26(25)18-20-8-4-2-5-9-20/h2-15,24-25H,16-18H2,1H3/t24-,25-/m0/s1. The van der Waals surface area contributed by atoms with Crippen LogP contribution in [0.25, 0.3) is 0 Å². The molecule has 1 saturated heterocycles. The average Bonchev–Trinajstić information content (AvgIpc) is 2.71. The Bertz CT molecular complexity index is 887. The van der Waals surface area contributed by atoms with Gasteiger partial charge in [0, 0.05) is 31.5 Å². The number of hydrogen-bond donors (Lipinski definition) is 0. The van der Waals surface area contributed by atoms with Crippen molar-refractivity contribution in [1.82, 2.24) is 4.90 Å². The Hall–Kier alpha value is -2.71. The third-order valence-corrected chi connectivity index (χ3v) is 5.50. The van der Waals surface area contributed by atoms with E-state index in [4.69, 9.17) is 0 Å². The predicted molar refractivity (Wildman–Crippen MR) is 109 cm³/mol. The van der Waals surface area contributed by atoms with Gasteiger partial charge < -0.3 is 0 Å². The number of hydrogen-bond acceptors (Lipinski definition) is 2. The van der Waals surface area contributed by atoms with Gasteiger partial charge in [-0.3, -0.25) is 9.69 Å². The highest BCUT2D eigenvalue weighted by atomic mass is 16.1. The van der Waals surface area contributed by atoms with Crippen LogP contribution in [0.1, 0.15) is 47.2 Å². The lowest BCUT2D eigenvalue weighted by Gasteiger charge is -2.42.